The standard InChI is InChI=1S/C14H27N3O3/c15-8-2-1-3-11(17)12(18)14(13(19)20)6-4-10(9-16)5-7-14/h10-11H,1-9,15-17H2,(H,19,20)/t10?,11-,14?/m0/s1. The van der Waals surface area contributed by atoms with E-state index in [4.69, 9.17) is 17.2 Å². The molecule has 20 heavy (non-hydrogen) atoms. The summed E-state index contributed by atoms with van der Waals surface area (Å²) >= 11 is 0. The van der Waals surface area contributed by atoms with Gasteiger partial charge in [-0.25, -0.2) is 0 Å². The molecule has 0 aliphatic heterocycles. The number of ketones is 1. The van der Waals surface area contributed by atoms with Crippen LogP contribution in [0.25, 0.3) is 0 Å². The summed E-state index contributed by atoms with van der Waals surface area (Å²) in [5.74, 6) is -1.03. The van der Waals surface area contributed by atoms with Crippen molar-refractivity contribution < 1.29 is 14.7 Å². The highest BCUT2D eigenvalue weighted by Gasteiger charge is 2.49. The van der Waals surface area contributed by atoms with E-state index >= 15 is 0 Å². The molecule has 1 atom stereocenters. The molecule has 7 N–H and O–H groups in total. The van der Waals surface area contributed by atoms with Gasteiger partial charge in [0.05, 0.1) is 6.04 Å². The number of carboxylic acid groups (broad SMARTS) is 1. The molecule has 0 amide bonds. The van der Waals surface area contributed by atoms with Crippen molar-refractivity contribution in [1.29, 1.82) is 0 Å². The second-order valence-corrected chi connectivity index (χ2v) is 5.82. The van der Waals surface area contributed by atoms with Gasteiger partial charge in [-0.2, -0.15) is 0 Å². The number of nitrogens with two attached hydrogens (primary N) is 3. The van der Waals surface area contributed by atoms with Crippen LogP contribution in [-0.4, -0.2) is 36.0 Å². The molecule has 6 nitrogen and oxygen atoms in total. The van der Waals surface area contributed by atoms with Crippen LogP contribution in [0.3, 0.4) is 0 Å². The summed E-state index contributed by atoms with van der Waals surface area (Å²) in [6.07, 6.45) is 4.14. The van der Waals surface area contributed by atoms with Gasteiger partial charge < -0.3 is 22.3 Å². The van der Waals surface area contributed by atoms with Crippen molar-refractivity contribution in [2.45, 2.75) is 51.0 Å². The van der Waals surface area contributed by atoms with Gasteiger partial charge in [-0.05, 0) is 57.5 Å². The zero-order valence-corrected chi connectivity index (χ0v) is 12.0. The zero-order valence-electron chi connectivity index (χ0n) is 12.0. The fourth-order valence-electron chi connectivity index (χ4n) is 2.97. The van der Waals surface area contributed by atoms with Crippen molar-refractivity contribution in [1.82, 2.24) is 0 Å². The first kappa shape index (κ1) is 17.1. The van der Waals surface area contributed by atoms with Crippen LogP contribution >= 0.6 is 0 Å². The SMILES string of the molecule is NCCCC[C@H](N)C(=O)C1(C(=O)O)CCC(CN)CC1. The van der Waals surface area contributed by atoms with Crippen molar-refractivity contribution >= 4 is 11.8 Å². The molecule has 0 spiro atoms. The van der Waals surface area contributed by atoms with Crippen molar-refractivity contribution in [2.24, 2.45) is 28.5 Å². The predicted octanol–water partition coefficient (Wildman–Crippen LogP) is 0.232. The average molecular weight is 285 g/mol. The first-order chi connectivity index (χ1) is 9.47. The topological polar surface area (TPSA) is 132 Å². The molecule has 1 rings (SSSR count). The summed E-state index contributed by atoms with van der Waals surface area (Å²) in [7, 11) is 0. The van der Waals surface area contributed by atoms with E-state index in [1.54, 1.807) is 0 Å². The molecule has 0 aromatic heterocycles. The van der Waals surface area contributed by atoms with Crippen LogP contribution in [0.15, 0.2) is 0 Å². The zero-order chi connectivity index (χ0) is 15.2. The number of aliphatic carboxylic acids is 1. The summed E-state index contributed by atoms with van der Waals surface area (Å²) in [5, 5.41) is 9.51. The van der Waals surface area contributed by atoms with Crippen LogP contribution in [0.2, 0.25) is 0 Å². The Morgan fingerprint density at radius 1 is 1.20 bits per heavy atom. The normalized spacial score (nSPS) is 28.1. The molecular formula is C14H27N3O3. The quantitative estimate of drug-likeness (QED) is 0.373. The van der Waals surface area contributed by atoms with E-state index in [9.17, 15) is 14.7 Å². The third-order valence-corrected chi connectivity index (χ3v) is 4.48. The van der Waals surface area contributed by atoms with E-state index in [1.165, 1.54) is 0 Å². The molecule has 0 saturated heterocycles. The average Bonchev–Trinajstić information content (AvgIpc) is 2.46. The van der Waals surface area contributed by atoms with Gasteiger partial charge in [0, 0.05) is 0 Å². The van der Waals surface area contributed by atoms with Crippen LogP contribution in [0.1, 0.15) is 44.9 Å². The van der Waals surface area contributed by atoms with Gasteiger partial charge in [-0.3, -0.25) is 9.59 Å². The van der Waals surface area contributed by atoms with E-state index in [-0.39, 0.29) is 5.78 Å². The molecule has 1 aliphatic carbocycles. The second kappa shape index (κ2) is 7.71. The van der Waals surface area contributed by atoms with E-state index in [0.29, 0.717) is 51.1 Å². The maximum absolute atomic E-state index is 12.5. The highest BCUT2D eigenvalue weighted by atomic mass is 16.4. The molecule has 0 radical (unpaired) electrons. The minimum Gasteiger partial charge on any atom is -0.480 e. The number of carbonyl (C=O) groups excluding carboxylic acids is 1. The summed E-state index contributed by atoms with van der Waals surface area (Å²) in [4.78, 5) is 24.1. The third kappa shape index (κ3) is 3.77. The molecule has 116 valence electrons. The third-order valence-electron chi connectivity index (χ3n) is 4.48. The molecule has 0 heterocycles. The van der Waals surface area contributed by atoms with Crippen molar-refractivity contribution in [2.75, 3.05) is 13.1 Å². The first-order valence-electron chi connectivity index (χ1n) is 7.41. The minimum absolute atomic E-state index is 0.322. The monoisotopic (exact) mass is 285 g/mol. The Hall–Kier alpha value is -0.980. The lowest BCUT2D eigenvalue weighted by molar-refractivity contribution is -0.158. The maximum Gasteiger partial charge on any atom is 0.317 e. The van der Waals surface area contributed by atoms with Gasteiger partial charge in [0.2, 0.25) is 0 Å². The summed E-state index contributed by atoms with van der Waals surface area (Å²) < 4.78 is 0. The highest BCUT2D eigenvalue weighted by molar-refractivity contribution is 6.05. The minimum atomic E-state index is -1.30. The fourth-order valence-corrected chi connectivity index (χ4v) is 2.97. The van der Waals surface area contributed by atoms with Crippen molar-refractivity contribution in [3.8, 4) is 0 Å². The second-order valence-electron chi connectivity index (χ2n) is 5.82. The first-order valence-corrected chi connectivity index (χ1v) is 7.41. The number of hydrogen-bond acceptors (Lipinski definition) is 5. The molecule has 0 unspecified atom stereocenters. The molecule has 0 bridgehead atoms. The number of carboxylic acids is 1. The van der Waals surface area contributed by atoms with Crippen LogP contribution in [-0.2, 0) is 9.59 Å². The molecular weight excluding hydrogens is 258 g/mol. The number of rotatable bonds is 8. The van der Waals surface area contributed by atoms with Gasteiger partial charge >= 0.3 is 5.97 Å². The molecule has 6 heteroatoms. The largest absolute Gasteiger partial charge is 0.480 e. The Balaban J connectivity index is 2.70. The predicted molar refractivity (Wildman–Crippen MR) is 77.0 cm³/mol. The number of Topliss-reactive ketones (excluding diaryl/α,β-unsaturated/α-hetero) is 1. The molecule has 0 aromatic carbocycles. The Morgan fingerprint density at radius 2 is 1.80 bits per heavy atom. The van der Waals surface area contributed by atoms with Crippen LogP contribution in [0.5, 0.6) is 0 Å². The Bertz CT molecular complexity index is 339. The summed E-state index contributed by atoms with van der Waals surface area (Å²) in [6.45, 7) is 1.11. The maximum atomic E-state index is 12.5. The molecule has 1 fully saturated rings. The van der Waals surface area contributed by atoms with Crippen LogP contribution < -0.4 is 17.2 Å². The van der Waals surface area contributed by atoms with E-state index in [2.05, 4.69) is 0 Å². The van der Waals surface area contributed by atoms with Gasteiger partial charge in [0.15, 0.2) is 5.78 Å². The number of unbranched alkanes of at least 4 members (excludes halogenated alkanes) is 1. The van der Waals surface area contributed by atoms with Crippen molar-refractivity contribution in [3.63, 3.8) is 0 Å². The van der Waals surface area contributed by atoms with Gasteiger partial charge in [-0.15, -0.1) is 0 Å². The molecule has 0 aromatic rings. The smallest absolute Gasteiger partial charge is 0.317 e. The Kier molecular flexibility index (Phi) is 6.58. The van der Waals surface area contributed by atoms with Gasteiger partial charge in [-0.1, -0.05) is 6.42 Å². The van der Waals surface area contributed by atoms with Crippen LogP contribution in [0.4, 0.5) is 0 Å². The number of hydrogen-bond donors (Lipinski definition) is 4. The van der Waals surface area contributed by atoms with E-state index in [0.717, 1.165) is 12.8 Å². The highest BCUT2D eigenvalue weighted by Crippen LogP contribution is 2.40. The van der Waals surface area contributed by atoms with E-state index in [1.807, 2.05) is 0 Å². The van der Waals surface area contributed by atoms with Crippen LogP contribution in [0, 0.1) is 11.3 Å². The summed E-state index contributed by atoms with van der Waals surface area (Å²) in [5.41, 5.74) is 15.6. The fraction of sp³-hybridized carbons (Fsp3) is 0.857. The molecule has 1 aliphatic rings. The Morgan fingerprint density at radius 3 is 2.25 bits per heavy atom. The van der Waals surface area contributed by atoms with E-state index < -0.39 is 17.4 Å². The summed E-state index contributed by atoms with van der Waals surface area (Å²) in [6, 6.07) is -0.702. The molecule has 1 saturated carbocycles. The Labute approximate surface area is 120 Å². The van der Waals surface area contributed by atoms with Gasteiger partial charge in [0.1, 0.15) is 5.41 Å². The lowest BCUT2D eigenvalue weighted by atomic mass is 9.66. The number of carbonyl (C=O) groups is 2. The lowest BCUT2D eigenvalue weighted by Crippen LogP contribution is -2.50. The van der Waals surface area contributed by atoms with Crippen molar-refractivity contribution in [3.05, 3.63) is 0 Å². The van der Waals surface area contributed by atoms with Gasteiger partial charge in [0.25, 0.3) is 0 Å². The lowest BCUT2D eigenvalue weighted by Gasteiger charge is -2.36.